The number of Topliss-reactive ketones (excluding diaryl/α,β-unsaturated/α-hetero) is 1. The van der Waals surface area contributed by atoms with Gasteiger partial charge in [-0.3, -0.25) is 4.79 Å². The summed E-state index contributed by atoms with van der Waals surface area (Å²) >= 11 is 0. The van der Waals surface area contributed by atoms with Gasteiger partial charge in [0.25, 0.3) is 0 Å². The molecule has 0 aromatic heterocycles. The maximum absolute atomic E-state index is 12.0. The van der Waals surface area contributed by atoms with Crippen molar-refractivity contribution < 1.29 is 4.79 Å². The van der Waals surface area contributed by atoms with E-state index >= 15 is 0 Å². The minimum Gasteiger partial charge on any atom is -0.298 e. The summed E-state index contributed by atoms with van der Waals surface area (Å²) < 4.78 is 0. The largest absolute Gasteiger partial charge is 0.298 e. The minimum absolute atomic E-state index is 0.0800. The average molecular weight is 231 g/mol. The van der Waals surface area contributed by atoms with E-state index in [2.05, 4.69) is 6.07 Å². The van der Waals surface area contributed by atoms with E-state index < -0.39 is 0 Å². The first kappa shape index (κ1) is 11.3. The smallest absolute Gasteiger partial charge is 0.150 e. The number of ketones is 1. The lowest BCUT2D eigenvalue weighted by molar-refractivity contribution is -0.133. The zero-order chi connectivity index (χ0) is 12.0. The van der Waals surface area contributed by atoms with Crippen LogP contribution in [0.3, 0.4) is 0 Å². The summed E-state index contributed by atoms with van der Waals surface area (Å²) in [5.41, 5.74) is 0.0800. The van der Waals surface area contributed by atoms with Crippen LogP contribution in [0.5, 0.6) is 0 Å². The van der Waals surface area contributed by atoms with Crippen LogP contribution >= 0.6 is 0 Å². The number of carbonyl (C=O) groups excluding carboxylic acids is 1. The third-order valence-electron chi connectivity index (χ3n) is 5.50. The lowest BCUT2D eigenvalue weighted by Gasteiger charge is -2.58. The highest BCUT2D eigenvalue weighted by Crippen LogP contribution is 2.62. The molecule has 4 bridgehead atoms. The third-order valence-corrected chi connectivity index (χ3v) is 5.50. The molecule has 2 heteroatoms. The predicted molar refractivity (Wildman–Crippen MR) is 65.0 cm³/mol. The number of nitrogens with zero attached hydrogens (tertiary/aromatic N) is 1. The maximum atomic E-state index is 12.0. The fraction of sp³-hybridized carbons (Fsp3) is 0.867. The van der Waals surface area contributed by atoms with Crippen LogP contribution in [-0.2, 0) is 4.79 Å². The van der Waals surface area contributed by atoms with Gasteiger partial charge < -0.3 is 0 Å². The molecule has 4 fully saturated rings. The normalized spacial score (nSPS) is 44.4. The van der Waals surface area contributed by atoms with Crippen LogP contribution in [0.4, 0.5) is 0 Å². The van der Waals surface area contributed by atoms with Crippen LogP contribution in [0, 0.1) is 40.4 Å². The molecule has 0 aromatic rings. The maximum Gasteiger partial charge on any atom is 0.150 e. The summed E-state index contributed by atoms with van der Waals surface area (Å²) in [7, 11) is 0. The van der Waals surface area contributed by atoms with Crippen molar-refractivity contribution in [3.8, 4) is 6.07 Å². The van der Waals surface area contributed by atoms with E-state index in [1.54, 1.807) is 0 Å². The summed E-state index contributed by atoms with van der Waals surface area (Å²) in [6, 6.07) is 2.36. The van der Waals surface area contributed by atoms with Crippen LogP contribution in [0.25, 0.3) is 0 Å². The van der Waals surface area contributed by atoms with Gasteiger partial charge in [-0.1, -0.05) is 6.92 Å². The molecule has 0 radical (unpaired) electrons. The van der Waals surface area contributed by atoms with Crippen molar-refractivity contribution >= 4 is 5.78 Å². The standard InChI is InChI=1S/C15H21NO/c1-2-14(17)13(9-16)15-6-10-3-11(7-15)5-12(4-10)8-15/h10-13H,2-8H2,1H3. The Morgan fingerprint density at radius 2 is 1.71 bits per heavy atom. The molecule has 2 nitrogen and oxygen atoms in total. The van der Waals surface area contributed by atoms with Crippen molar-refractivity contribution in [3.05, 3.63) is 0 Å². The van der Waals surface area contributed by atoms with Crippen molar-refractivity contribution in [3.63, 3.8) is 0 Å². The van der Waals surface area contributed by atoms with Crippen molar-refractivity contribution in [1.82, 2.24) is 0 Å². The van der Waals surface area contributed by atoms with E-state index in [-0.39, 0.29) is 17.1 Å². The highest BCUT2D eigenvalue weighted by molar-refractivity contribution is 5.84. The first-order chi connectivity index (χ1) is 8.16. The van der Waals surface area contributed by atoms with Gasteiger partial charge in [0.1, 0.15) is 11.7 Å². The first-order valence-corrected chi connectivity index (χ1v) is 7.09. The zero-order valence-electron chi connectivity index (χ0n) is 10.6. The molecule has 0 N–H and O–H groups in total. The van der Waals surface area contributed by atoms with Gasteiger partial charge in [-0.25, -0.2) is 0 Å². The molecule has 0 amide bonds. The molecule has 17 heavy (non-hydrogen) atoms. The van der Waals surface area contributed by atoms with Crippen LogP contribution in [0.15, 0.2) is 0 Å². The Hall–Kier alpha value is -0.840. The van der Waals surface area contributed by atoms with Gasteiger partial charge in [-0.15, -0.1) is 0 Å². The van der Waals surface area contributed by atoms with Gasteiger partial charge in [-0.2, -0.15) is 5.26 Å². The average Bonchev–Trinajstić information content (AvgIpc) is 2.27. The lowest BCUT2D eigenvalue weighted by Crippen LogP contribution is -2.51. The summed E-state index contributed by atoms with van der Waals surface area (Å²) in [5.74, 6) is 2.35. The Morgan fingerprint density at radius 3 is 2.06 bits per heavy atom. The summed E-state index contributed by atoms with van der Waals surface area (Å²) in [6.45, 7) is 1.90. The van der Waals surface area contributed by atoms with Gasteiger partial charge in [0.15, 0.2) is 0 Å². The van der Waals surface area contributed by atoms with Gasteiger partial charge >= 0.3 is 0 Å². The second kappa shape index (κ2) is 3.83. The number of carbonyl (C=O) groups is 1. The molecule has 0 aliphatic heterocycles. The van der Waals surface area contributed by atoms with Gasteiger partial charge in [0, 0.05) is 6.42 Å². The van der Waals surface area contributed by atoms with E-state index in [9.17, 15) is 10.1 Å². The lowest BCUT2D eigenvalue weighted by atomic mass is 9.46. The SMILES string of the molecule is CCC(=O)C(C#N)C12CC3CC(CC(C3)C1)C2. The molecule has 4 rings (SSSR count). The Labute approximate surface area is 103 Å². The molecule has 4 aliphatic rings. The van der Waals surface area contributed by atoms with Crippen LogP contribution in [0.2, 0.25) is 0 Å². The highest BCUT2D eigenvalue weighted by Gasteiger charge is 2.55. The van der Waals surface area contributed by atoms with Gasteiger partial charge in [-0.05, 0) is 61.7 Å². The summed E-state index contributed by atoms with van der Waals surface area (Å²) in [4.78, 5) is 12.0. The van der Waals surface area contributed by atoms with Gasteiger partial charge in [0.2, 0.25) is 0 Å². The van der Waals surface area contributed by atoms with Crippen LogP contribution < -0.4 is 0 Å². The molecule has 0 heterocycles. The molecule has 1 unspecified atom stereocenters. The van der Waals surface area contributed by atoms with E-state index in [0.717, 1.165) is 37.0 Å². The molecular weight excluding hydrogens is 210 g/mol. The Morgan fingerprint density at radius 1 is 1.24 bits per heavy atom. The molecule has 92 valence electrons. The molecule has 1 atom stereocenters. The zero-order valence-corrected chi connectivity index (χ0v) is 10.6. The van der Waals surface area contributed by atoms with E-state index in [4.69, 9.17) is 0 Å². The molecular formula is C15H21NO. The predicted octanol–water partition coefficient (Wildman–Crippen LogP) is 3.32. The molecule has 0 spiro atoms. The van der Waals surface area contributed by atoms with Crippen molar-refractivity contribution in [1.29, 1.82) is 5.26 Å². The van der Waals surface area contributed by atoms with E-state index in [1.165, 1.54) is 19.3 Å². The van der Waals surface area contributed by atoms with E-state index in [0.29, 0.717) is 6.42 Å². The van der Waals surface area contributed by atoms with Gasteiger partial charge in [0.05, 0.1) is 6.07 Å². The molecule has 4 saturated carbocycles. The second-order valence-electron chi connectivity index (χ2n) is 6.66. The first-order valence-electron chi connectivity index (χ1n) is 7.09. The van der Waals surface area contributed by atoms with Crippen molar-refractivity contribution in [2.24, 2.45) is 29.1 Å². The number of hydrogen-bond donors (Lipinski definition) is 0. The summed E-state index contributed by atoms with van der Waals surface area (Å²) in [6.07, 6.45) is 8.11. The highest BCUT2D eigenvalue weighted by atomic mass is 16.1. The minimum atomic E-state index is -0.305. The number of nitriles is 1. The monoisotopic (exact) mass is 231 g/mol. The Kier molecular flexibility index (Phi) is 2.54. The van der Waals surface area contributed by atoms with E-state index in [1.807, 2.05) is 6.92 Å². The second-order valence-corrected chi connectivity index (χ2v) is 6.66. The molecule has 0 saturated heterocycles. The number of rotatable bonds is 3. The fourth-order valence-corrected chi connectivity index (χ4v) is 5.29. The molecule has 4 aliphatic carbocycles. The van der Waals surface area contributed by atoms with Crippen LogP contribution in [0.1, 0.15) is 51.9 Å². The quantitative estimate of drug-likeness (QED) is 0.747. The number of hydrogen-bond acceptors (Lipinski definition) is 2. The molecule has 0 aromatic carbocycles. The Bertz CT molecular complexity index is 344. The third kappa shape index (κ3) is 1.63. The summed E-state index contributed by atoms with van der Waals surface area (Å²) in [5, 5.41) is 9.42. The fourth-order valence-electron chi connectivity index (χ4n) is 5.29. The topological polar surface area (TPSA) is 40.9 Å². The Balaban J connectivity index is 1.91. The van der Waals surface area contributed by atoms with Crippen molar-refractivity contribution in [2.45, 2.75) is 51.9 Å². The van der Waals surface area contributed by atoms with Crippen LogP contribution in [-0.4, -0.2) is 5.78 Å². The van der Waals surface area contributed by atoms with Crippen molar-refractivity contribution in [2.75, 3.05) is 0 Å².